The Kier molecular flexibility index (Phi) is 10.2. The summed E-state index contributed by atoms with van der Waals surface area (Å²) in [6.07, 6.45) is 0. The minimum absolute atomic E-state index is 0. The van der Waals surface area contributed by atoms with Crippen LogP contribution in [0.25, 0.3) is 0 Å². The van der Waals surface area contributed by atoms with Gasteiger partial charge in [-0.15, -0.1) is 0 Å². The minimum atomic E-state index is -0.981. The van der Waals surface area contributed by atoms with Gasteiger partial charge in [0.05, 0.1) is 0 Å². The molecule has 0 fully saturated rings. The van der Waals surface area contributed by atoms with E-state index < -0.39 is 16.5 Å². The van der Waals surface area contributed by atoms with Crippen molar-refractivity contribution in [1.29, 1.82) is 0 Å². The molecule has 11 heavy (non-hydrogen) atoms. The van der Waals surface area contributed by atoms with E-state index in [9.17, 15) is 0 Å². The summed E-state index contributed by atoms with van der Waals surface area (Å²) in [6, 6.07) is 0. The zero-order chi connectivity index (χ0) is 7.71. The third-order valence-electron chi connectivity index (χ3n) is 0.750. The van der Waals surface area contributed by atoms with Crippen molar-refractivity contribution >= 4 is 54.2 Å². The third kappa shape index (κ3) is 18.5. The van der Waals surface area contributed by atoms with Gasteiger partial charge in [-0.05, 0) is 0 Å². The largest absolute Gasteiger partial charge is 0.360 e. The van der Waals surface area contributed by atoms with Crippen LogP contribution < -0.4 is 4.65 Å². The third-order valence-corrected chi connectivity index (χ3v) is 6.75. The fourth-order valence-electron chi connectivity index (χ4n) is 1.12. The van der Waals surface area contributed by atoms with E-state index in [1.54, 1.807) is 0 Å². The van der Waals surface area contributed by atoms with Crippen LogP contribution in [0.3, 0.4) is 0 Å². The zero-order valence-electron chi connectivity index (χ0n) is 9.50. The Labute approximate surface area is 97.6 Å². The quantitative estimate of drug-likeness (QED) is 0.627. The first kappa shape index (κ1) is 18.4. The van der Waals surface area contributed by atoms with Crippen molar-refractivity contribution < 1.29 is 0 Å². The van der Waals surface area contributed by atoms with Gasteiger partial charge in [0.2, 0.25) is 0 Å². The van der Waals surface area contributed by atoms with Crippen molar-refractivity contribution in [3.05, 3.63) is 0 Å². The zero-order valence-corrected chi connectivity index (χ0v) is 11.5. The first-order chi connectivity index (χ1) is 3.71. The first-order valence-electron chi connectivity index (χ1n) is 3.50. The van der Waals surface area contributed by atoms with Crippen molar-refractivity contribution in [3.8, 4) is 0 Å². The summed E-state index contributed by atoms with van der Waals surface area (Å²) in [5.41, 5.74) is 0. The topological polar surface area (TPSA) is 12.0 Å². The van der Waals surface area contributed by atoms with E-state index in [1.807, 2.05) is 0 Å². The summed E-state index contributed by atoms with van der Waals surface area (Å²) in [7, 11) is -1.96. The fraction of sp³-hybridized carbons (Fsp3) is 1.00. The Balaban J connectivity index is -0.000000320. The molecule has 0 rings (SSSR count). The van der Waals surface area contributed by atoms with Crippen LogP contribution in [0.1, 0.15) is 0 Å². The molecule has 0 aromatic carbocycles. The van der Waals surface area contributed by atoms with Crippen LogP contribution in [-0.2, 0) is 0 Å². The van der Waals surface area contributed by atoms with Gasteiger partial charge in [-0.25, -0.2) is 0 Å². The molecule has 1 N–H and O–H groups in total. The molecule has 58 valence electrons. The van der Waals surface area contributed by atoms with Crippen LogP contribution in [0.4, 0.5) is 0 Å². The maximum atomic E-state index is 3.74. The maximum absolute atomic E-state index is 3.74. The average Bonchev–Trinajstić information content (AvgIpc) is 1.14. The molecule has 0 spiro atoms. The van der Waals surface area contributed by atoms with Crippen LogP contribution in [0, 0.1) is 0 Å². The molecule has 0 aliphatic heterocycles. The summed E-state index contributed by atoms with van der Waals surface area (Å²) in [5, 5.41) is 0. The van der Waals surface area contributed by atoms with Gasteiger partial charge in [0.1, 0.15) is 16.5 Å². The van der Waals surface area contributed by atoms with Gasteiger partial charge >= 0.3 is 0 Å². The predicted molar refractivity (Wildman–Crippen MR) is 61.3 cm³/mol. The molecule has 0 heterocycles. The second kappa shape index (κ2) is 6.10. The van der Waals surface area contributed by atoms with Gasteiger partial charge in [-0.1, -0.05) is 39.3 Å². The maximum Gasteiger partial charge on any atom is 0.109 e. The molecule has 2 radical (unpaired) electrons. The van der Waals surface area contributed by atoms with E-state index >= 15 is 0 Å². The van der Waals surface area contributed by atoms with Crippen LogP contribution in [0.5, 0.6) is 0 Å². The molecule has 5 heteroatoms. The molecule has 0 aliphatic carbocycles. The van der Waals surface area contributed by atoms with Gasteiger partial charge in [0.15, 0.2) is 0 Å². The van der Waals surface area contributed by atoms with E-state index in [4.69, 9.17) is 0 Å². The molecule has 0 aromatic rings. The molecular weight excluding hydrogens is 156 g/mol. The number of hydrogen-bond donors (Lipinski definition) is 1. The SMILES string of the molecule is C[Si](C)(C)N[Si](C)(C)C.[Li].[Li]. The molecule has 0 saturated carbocycles. The summed E-state index contributed by atoms with van der Waals surface area (Å²) in [6.45, 7) is 14.1. The van der Waals surface area contributed by atoms with Crippen molar-refractivity contribution in [3.63, 3.8) is 0 Å². The molecule has 0 unspecified atom stereocenters. The van der Waals surface area contributed by atoms with E-state index in [-0.39, 0.29) is 37.7 Å². The van der Waals surface area contributed by atoms with E-state index in [1.165, 1.54) is 0 Å². The van der Waals surface area contributed by atoms with E-state index in [2.05, 4.69) is 43.9 Å². The number of nitrogens with one attached hydrogen (secondary N) is 1. The van der Waals surface area contributed by atoms with Crippen LogP contribution in [0.2, 0.25) is 39.3 Å². The van der Waals surface area contributed by atoms with Crippen LogP contribution in [-0.4, -0.2) is 54.2 Å². The normalized spacial score (nSPS) is 11.5. The molecule has 1 nitrogen and oxygen atoms in total. The number of rotatable bonds is 2. The molecular formula is C6H19Li2NSi2. The Morgan fingerprint density at radius 2 is 0.818 bits per heavy atom. The first-order valence-corrected chi connectivity index (χ1v) is 10.5. The van der Waals surface area contributed by atoms with Gasteiger partial charge in [0.25, 0.3) is 0 Å². The predicted octanol–water partition coefficient (Wildman–Crippen LogP) is 1.48. The second-order valence-corrected chi connectivity index (χ2v) is 14.6. The summed E-state index contributed by atoms with van der Waals surface area (Å²) >= 11 is 0. The summed E-state index contributed by atoms with van der Waals surface area (Å²) in [5.74, 6) is 0. The van der Waals surface area contributed by atoms with Crippen molar-refractivity contribution in [2.24, 2.45) is 0 Å². The Morgan fingerprint density at radius 1 is 0.636 bits per heavy atom. The summed E-state index contributed by atoms with van der Waals surface area (Å²) in [4.78, 5) is 0. The molecule has 0 amide bonds. The Hall–Kier alpha value is 1.59. The van der Waals surface area contributed by atoms with Crippen molar-refractivity contribution in [1.82, 2.24) is 4.65 Å². The average molecular weight is 175 g/mol. The summed E-state index contributed by atoms with van der Waals surface area (Å²) < 4.78 is 3.74. The standard InChI is InChI=1S/C6H19NSi2.2Li/c1-8(2,3)7-9(4,5)6;;/h7H,1-6H3;;. The molecule has 0 aromatic heterocycles. The number of hydrogen-bond acceptors (Lipinski definition) is 1. The smallest absolute Gasteiger partial charge is 0.109 e. The van der Waals surface area contributed by atoms with Crippen LogP contribution >= 0.6 is 0 Å². The van der Waals surface area contributed by atoms with Crippen LogP contribution in [0.15, 0.2) is 0 Å². The molecule has 0 saturated heterocycles. The van der Waals surface area contributed by atoms with Gasteiger partial charge < -0.3 is 4.65 Å². The van der Waals surface area contributed by atoms with Crippen molar-refractivity contribution in [2.45, 2.75) is 39.3 Å². The minimum Gasteiger partial charge on any atom is -0.360 e. The van der Waals surface area contributed by atoms with E-state index in [0.717, 1.165) is 0 Å². The van der Waals surface area contributed by atoms with Gasteiger partial charge in [0, 0.05) is 37.7 Å². The fourth-order valence-corrected chi connectivity index (χ4v) is 10.1. The van der Waals surface area contributed by atoms with E-state index in [0.29, 0.717) is 0 Å². The second-order valence-electron chi connectivity index (χ2n) is 4.62. The van der Waals surface area contributed by atoms with Gasteiger partial charge in [-0.2, -0.15) is 0 Å². The Bertz CT molecular complexity index is 83.7. The van der Waals surface area contributed by atoms with Gasteiger partial charge in [-0.3, -0.25) is 0 Å². The molecule has 0 aliphatic rings. The monoisotopic (exact) mass is 175 g/mol. The molecule has 0 bridgehead atoms. The Morgan fingerprint density at radius 3 is 0.818 bits per heavy atom. The molecule has 0 atom stereocenters. The van der Waals surface area contributed by atoms with Crippen molar-refractivity contribution in [2.75, 3.05) is 0 Å².